The molecule has 0 atom stereocenters. The zero-order valence-corrected chi connectivity index (χ0v) is 14.7. The maximum atomic E-state index is 11.6. The third-order valence-corrected chi connectivity index (χ3v) is 4.76. The van der Waals surface area contributed by atoms with Crippen molar-refractivity contribution in [2.24, 2.45) is 13.0 Å². The molecule has 0 unspecified atom stereocenters. The molecule has 2 heterocycles. The number of carbonyl (C=O) groups is 1. The molecule has 0 saturated heterocycles. The fraction of sp³-hybridized carbons (Fsp3) is 0.474. The van der Waals surface area contributed by atoms with Gasteiger partial charge < -0.3 is 10.3 Å². The number of nitrogens with one attached hydrogen (secondary N) is 2. The van der Waals surface area contributed by atoms with Gasteiger partial charge in [0.05, 0.1) is 5.52 Å². The topological polar surface area (TPSA) is 62.7 Å². The molecule has 1 aromatic carbocycles. The zero-order valence-electron chi connectivity index (χ0n) is 14.7. The molecule has 2 aromatic heterocycles. The Balaban J connectivity index is 0.000000203. The Labute approximate surface area is 142 Å². The van der Waals surface area contributed by atoms with Crippen LogP contribution in [-0.2, 0) is 7.05 Å². The summed E-state index contributed by atoms with van der Waals surface area (Å²) in [5.74, 6) is 0.950. The quantitative estimate of drug-likeness (QED) is 0.710. The monoisotopic (exact) mass is 326 g/mol. The molecule has 1 fully saturated rings. The third kappa shape index (κ3) is 3.45. The molecule has 3 aromatic rings. The van der Waals surface area contributed by atoms with E-state index < -0.39 is 0 Å². The smallest absolute Gasteiger partial charge is 0.251 e. The van der Waals surface area contributed by atoms with Crippen LogP contribution < -0.4 is 5.32 Å². The van der Waals surface area contributed by atoms with Crippen molar-refractivity contribution in [1.29, 1.82) is 0 Å². The average molecular weight is 326 g/mol. The van der Waals surface area contributed by atoms with Gasteiger partial charge in [0.15, 0.2) is 0 Å². The number of aryl methyl sites for hydroxylation is 1. The minimum atomic E-state index is -0.0859. The van der Waals surface area contributed by atoms with E-state index in [1.54, 1.807) is 17.8 Å². The number of fused-ring (bicyclic) bond motifs is 3. The van der Waals surface area contributed by atoms with Crippen molar-refractivity contribution in [3.8, 4) is 0 Å². The van der Waals surface area contributed by atoms with Crippen molar-refractivity contribution in [1.82, 2.24) is 20.1 Å². The van der Waals surface area contributed by atoms with E-state index in [0.29, 0.717) is 5.56 Å². The number of H-pyrrole nitrogens is 1. The van der Waals surface area contributed by atoms with E-state index in [-0.39, 0.29) is 5.91 Å². The second-order valence-corrected chi connectivity index (χ2v) is 6.77. The van der Waals surface area contributed by atoms with Gasteiger partial charge in [-0.25, -0.2) is 0 Å². The Hall–Kier alpha value is -2.30. The summed E-state index contributed by atoms with van der Waals surface area (Å²) in [5, 5.41) is 7.97. The number of hydrogen-bond acceptors (Lipinski definition) is 2. The molecular weight excluding hydrogens is 300 g/mol. The number of benzene rings is 1. The Kier molecular flexibility index (Phi) is 4.88. The van der Waals surface area contributed by atoms with Gasteiger partial charge in [0.2, 0.25) is 0 Å². The molecule has 4 rings (SSSR count). The maximum absolute atomic E-state index is 11.6. The Morgan fingerprint density at radius 2 is 2.00 bits per heavy atom. The van der Waals surface area contributed by atoms with E-state index in [1.165, 1.54) is 32.1 Å². The van der Waals surface area contributed by atoms with Crippen LogP contribution in [0.4, 0.5) is 0 Å². The molecule has 0 radical (unpaired) electrons. The highest BCUT2D eigenvalue weighted by molar-refractivity contribution is 6.08. The third-order valence-electron chi connectivity index (χ3n) is 4.76. The van der Waals surface area contributed by atoms with Crippen molar-refractivity contribution < 1.29 is 4.79 Å². The van der Waals surface area contributed by atoms with Crippen molar-refractivity contribution in [2.45, 2.75) is 39.0 Å². The fourth-order valence-electron chi connectivity index (χ4n) is 3.37. The van der Waals surface area contributed by atoms with E-state index in [0.717, 1.165) is 27.9 Å². The van der Waals surface area contributed by atoms with Gasteiger partial charge in [-0.15, -0.1) is 0 Å². The van der Waals surface area contributed by atoms with Crippen LogP contribution in [0.5, 0.6) is 0 Å². The van der Waals surface area contributed by atoms with E-state index >= 15 is 0 Å². The highest BCUT2D eigenvalue weighted by atomic mass is 16.1. The summed E-state index contributed by atoms with van der Waals surface area (Å²) < 4.78 is 1.76. The van der Waals surface area contributed by atoms with E-state index in [4.69, 9.17) is 0 Å². The van der Waals surface area contributed by atoms with Crippen molar-refractivity contribution >= 4 is 27.8 Å². The first-order valence-corrected chi connectivity index (χ1v) is 8.75. The van der Waals surface area contributed by atoms with Crippen LogP contribution in [0.2, 0.25) is 0 Å². The van der Waals surface area contributed by atoms with Gasteiger partial charge in [-0.3, -0.25) is 9.48 Å². The summed E-state index contributed by atoms with van der Waals surface area (Å²) in [6, 6.07) is 5.57. The number of amides is 1. The van der Waals surface area contributed by atoms with Gasteiger partial charge in [0, 0.05) is 36.8 Å². The predicted octanol–water partition coefficient (Wildman–Crippen LogP) is 4.00. The highest BCUT2D eigenvalue weighted by Gasteiger charge is 2.10. The summed E-state index contributed by atoms with van der Waals surface area (Å²) >= 11 is 0. The molecule has 24 heavy (non-hydrogen) atoms. The lowest BCUT2D eigenvalue weighted by Gasteiger charge is -2.15. The van der Waals surface area contributed by atoms with Crippen LogP contribution in [0.1, 0.15) is 49.4 Å². The van der Waals surface area contributed by atoms with Gasteiger partial charge in [0.1, 0.15) is 5.52 Å². The molecule has 1 amide bonds. The van der Waals surface area contributed by atoms with E-state index in [2.05, 4.69) is 22.3 Å². The molecule has 1 aliphatic rings. The minimum Gasteiger partial charge on any atom is -0.355 e. The first-order chi connectivity index (χ1) is 11.6. The van der Waals surface area contributed by atoms with Crippen LogP contribution in [0.3, 0.4) is 0 Å². The number of carbonyl (C=O) groups excluding carboxylic acids is 1. The van der Waals surface area contributed by atoms with E-state index in [1.807, 2.05) is 25.4 Å². The van der Waals surface area contributed by atoms with Gasteiger partial charge >= 0.3 is 0 Å². The summed E-state index contributed by atoms with van der Waals surface area (Å²) in [5.41, 5.74) is 3.52. The SMILES string of the molecule is CC1CCCCC1.CNC(=O)c1ccc2[nH]c3cn(C)nc3c2c1. The lowest BCUT2D eigenvalue weighted by molar-refractivity contribution is 0.0963. The number of nitrogens with zero attached hydrogens (tertiary/aromatic N) is 2. The maximum Gasteiger partial charge on any atom is 0.251 e. The van der Waals surface area contributed by atoms with Gasteiger partial charge in [-0.2, -0.15) is 5.10 Å². The second-order valence-electron chi connectivity index (χ2n) is 6.77. The molecule has 0 spiro atoms. The van der Waals surface area contributed by atoms with Crippen molar-refractivity contribution in [3.63, 3.8) is 0 Å². The molecule has 1 aliphatic carbocycles. The first-order valence-electron chi connectivity index (χ1n) is 8.75. The van der Waals surface area contributed by atoms with Crippen LogP contribution in [0.25, 0.3) is 21.9 Å². The normalized spacial score (nSPS) is 15.3. The Morgan fingerprint density at radius 1 is 1.25 bits per heavy atom. The summed E-state index contributed by atoms with van der Waals surface area (Å²) in [4.78, 5) is 14.8. The van der Waals surface area contributed by atoms with Crippen LogP contribution >= 0.6 is 0 Å². The fourth-order valence-corrected chi connectivity index (χ4v) is 3.37. The van der Waals surface area contributed by atoms with Crippen LogP contribution in [-0.4, -0.2) is 27.7 Å². The summed E-state index contributed by atoms with van der Waals surface area (Å²) in [6.07, 6.45) is 9.36. The molecular formula is C19H26N4O. The number of aromatic amines is 1. The van der Waals surface area contributed by atoms with Gasteiger partial charge in [0.25, 0.3) is 5.91 Å². The number of hydrogen-bond donors (Lipinski definition) is 2. The molecule has 5 nitrogen and oxygen atoms in total. The highest BCUT2D eigenvalue weighted by Crippen LogP contribution is 2.24. The second kappa shape index (κ2) is 7.07. The van der Waals surface area contributed by atoms with Crippen molar-refractivity contribution in [3.05, 3.63) is 30.0 Å². The molecule has 1 saturated carbocycles. The van der Waals surface area contributed by atoms with Crippen LogP contribution in [0.15, 0.2) is 24.4 Å². The van der Waals surface area contributed by atoms with E-state index in [9.17, 15) is 4.79 Å². The Morgan fingerprint density at radius 3 is 2.62 bits per heavy atom. The largest absolute Gasteiger partial charge is 0.355 e. The average Bonchev–Trinajstić information content (AvgIpc) is 3.11. The first kappa shape index (κ1) is 16.6. The lowest BCUT2D eigenvalue weighted by atomic mass is 9.91. The predicted molar refractivity (Wildman–Crippen MR) is 98.2 cm³/mol. The molecule has 5 heteroatoms. The van der Waals surface area contributed by atoms with Gasteiger partial charge in [-0.05, 0) is 24.1 Å². The van der Waals surface area contributed by atoms with Crippen molar-refractivity contribution in [2.75, 3.05) is 7.05 Å². The summed E-state index contributed by atoms with van der Waals surface area (Å²) in [6.45, 7) is 2.36. The zero-order chi connectivity index (χ0) is 17.1. The molecule has 0 bridgehead atoms. The number of aromatic nitrogens is 3. The van der Waals surface area contributed by atoms with Crippen LogP contribution in [0, 0.1) is 5.92 Å². The molecule has 128 valence electrons. The van der Waals surface area contributed by atoms with Gasteiger partial charge in [-0.1, -0.05) is 39.0 Å². The Bertz CT molecular complexity index is 840. The molecule has 0 aliphatic heterocycles. The summed E-state index contributed by atoms with van der Waals surface area (Å²) in [7, 11) is 3.50. The lowest BCUT2D eigenvalue weighted by Crippen LogP contribution is -2.17. The number of rotatable bonds is 1. The minimum absolute atomic E-state index is 0.0859. The standard InChI is InChI=1S/C12H12N4O.C7H14/c1-13-12(17)7-3-4-9-8(5-7)11-10(14-9)6-16(2)15-11;1-7-5-3-2-4-6-7/h3-6,14H,1-2H3,(H,13,17);7H,2-6H2,1H3. The molecule has 2 N–H and O–H groups in total.